The second kappa shape index (κ2) is 5.03. The van der Waals surface area contributed by atoms with E-state index in [-0.39, 0.29) is 11.8 Å². The number of aromatic nitrogens is 4. The van der Waals surface area contributed by atoms with Gasteiger partial charge in [-0.05, 0) is 25.5 Å². The fourth-order valence-corrected chi connectivity index (χ4v) is 2.51. The van der Waals surface area contributed by atoms with E-state index < -0.39 is 0 Å². The summed E-state index contributed by atoms with van der Waals surface area (Å²) in [5.74, 6) is 1.05. The summed E-state index contributed by atoms with van der Waals surface area (Å²) in [5, 5.41) is 4.16. The minimum absolute atomic E-state index is 0.0132. The van der Waals surface area contributed by atoms with Crippen LogP contribution < -0.4 is 0 Å². The molecule has 1 amide bonds. The Kier molecular flexibility index (Phi) is 3.22. The zero-order valence-corrected chi connectivity index (χ0v) is 11.7. The summed E-state index contributed by atoms with van der Waals surface area (Å²) < 4.78 is 1.64. The number of hydrogen-bond acceptors (Lipinski definition) is 4. The number of aryl methyl sites for hydroxylation is 2. The minimum Gasteiger partial charge on any atom is -0.336 e. The van der Waals surface area contributed by atoms with E-state index in [9.17, 15) is 4.79 Å². The van der Waals surface area contributed by atoms with Crippen LogP contribution in [0.15, 0.2) is 24.5 Å². The molecule has 2 aromatic rings. The van der Waals surface area contributed by atoms with Gasteiger partial charge in [-0.15, -0.1) is 0 Å². The molecule has 1 fully saturated rings. The highest BCUT2D eigenvalue weighted by molar-refractivity contribution is 5.92. The van der Waals surface area contributed by atoms with Crippen LogP contribution in [0.2, 0.25) is 0 Å². The summed E-state index contributed by atoms with van der Waals surface area (Å²) in [6.07, 6.45) is 4.47. The molecule has 20 heavy (non-hydrogen) atoms. The maximum atomic E-state index is 12.3. The van der Waals surface area contributed by atoms with Gasteiger partial charge in [0.1, 0.15) is 11.5 Å². The Morgan fingerprint density at radius 3 is 2.95 bits per heavy atom. The standard InChI is InChI=1S/C14H17N5O/c1-10-3-6-15-13(16-10)11-4-8-19(9-11)14(20)12-5-7-18(2)17-12/h3,5-7,11H,4,8-9H2,1-2H3/t11-/m0/s1. The molecule has 1 aliphatic rings. The summed E-state index contributed by atoms with van der Waals surface area (Å²) >= 11 is 0. The van der Waals surface area contributed by atoms with E-state index in [1.807, 2.05) is 24.9 Å². The van der Waals surface area contributed by atoms with E-state index in [0.29, 0.717) is 12.2 Å². The van der Waals surface area contributed by atoms with Gasteiger partial charge in [-0.3, -0.25) is 9.48 Å². The van der Waals surface area contributed by atoms with Crippen molar-refractivity contribution in [2.75, 3.05) is 13.1 Å². The van der Waals surface area contributed by atoms with Crippen molar-refractivity contribution < 1.29 is 4.79 Å². The number of nitrogens with zero attached hydrogens (tertiary/aromatic N) is 5. The van der Waals surface area contributed by atoms with E-state index in [1.165, 1.54) is 0 Å². The Morgan fingerprint density at radius 1 is 1.40 bits per heavy atom. The van der Waals surface area contributed by atoms with E-state index in [4.69, 9.17) is 0 Å². The summed E-state index contributed by atoms with van der Waals surface area (Å²) in [6.45, 7) is 3.35. The van der Waals surface area contributed by atoms with Gasteiger partial charge in [0.2, 0.25) is 0 Å². The molecule has 0 radical (unpaired) electrons. The SMILES string of the molecule is Cc1ccnc([C@H]2CCN(C(=O)c3ccn(C)n3)C2)n1. The molecule has 1 saturated heterocycles. The Bertz CT molecular complexity index is 636. The highest BCUT2D eigenvalue weighted by Crippen LogP contribution is 2.25. The molecule has 0 bridgehead atoms. The predicted molar refractivity (Wildman–Crippen MR) is 73.2 cm³/mol. The van der Waals surface area contributed by atoms with Gasteiger partial charge in [-0.2, -0.15) is 5.10 Å². The Balaban J connectivity index is 1.72. The monoisotopic (exact) mass is 271 g/mol. The van der Waals surface area contributed by atoms with Crippen LogP contribution >= 0.6 is 0 Å². The van der Waals surface area contributed by atoms with Crippen molar-refractivity contribution in [1.82, 2.24) is 24.6 Å². The van der Waals surface area contributed by atoms with E-state index in [0.717, 1.165) is 24.5 Å². The van der Waals surface area contributed by atoms with Crippen molar-refractivity contribution in [3.63, 3.8) is 0 Å². The quantitative estimate of drug-likeness (QED) is 0.822. The Hall–Kier alpha value is -2.24. The van der Waals surface area contributed by atoms with Crippen LogP contribution in [0.4, 0.5) is 0 Å². The second-order valence-corrected chi connectivity index (χ2v) is 5.17. The van der Waals surface area contributed by atoms with E-state index in [1.54, 1.807) is 23.1 Å². The largest absolute Gasteiger partial charge is 0.336 e. The lowest BCUT2D eigenvalue weighted by atomic mass is 10.1. The van der Waals surface area contributed by atoms with Crippen LogP contribution in [0.3, 0.4) is 0 Å². The van der Waals surface area contributed by atoms with Gasteiger partial charge >= 0.3 is 0 Å². The summed E-state index contributed by atoms with van der Waals surface area (Å²) in [6, 6.07) is 3.63. The first-order valence-electron chi connectivity index (χ1n) is 6.72. The molecule has 1 aliphatic heterocycles. The second-order valence-electron chi connectivity index (χ2n) is 5.17. The number of rotatable bonds is 2. The lowest BCUT2D eigenvalue weighted by Gasteiger charge is -2.14. The van der Waals surface area contributed by atoms with Gasteiger partial charge < -0.3 is 4.90 Å². The van der Waals surface area contributed by atoms with E-state index in [2.05, 4.69) is 15.1 Å². The van der Waals surface area contributed by atoms with Crippen LogP contribution in [-0.2, 0) is 7.05 Å². The summed E-state index contributed by atoms with van der Waals surface area (Å²) in [7, 11) is 1.81. The zero-order valence-electron chi connectivity index (χ0n) is 11.7. The van der Waals surface area contributed by atoms with Crippen molar-refractivity contribution in [1.29, 1.82) is 0 Å². The first-order chi connectivity index (χ1) is 9.63. The molecule has 0 unspecified atom stereocenters. The molecule has 104 valence electrons. The Labute approximate surface area is 117 Å². The molecule has 0 aliphatic carbocycles. The van der Waals surface area contributed by atoms with Crippen LogP contribution in [0.5, 0.6) is 0 Å². The third-order valence-electron chi connectivity index (χ3n) is 3.59. The average Bonchev–Trinajstić information content (AvgIpc) is 3.07. The minimum atomic E-state index is -0.0132. The molecule has 6 nitrogen and oxygen atoms in total. The van der Waals surface area contributed by atoms with Crippen molar-refractivity contribution in [3.05, 3.63) is 41.7 Å². The molecule has 6 heteroatoms. The lowest BCUT2D eigenvalue weighted by Crippen LogP contribution is -2.29. The maximum absolute atomic E-state index is 12.3. The van der Waals surface area contributed by atoms with Gasteiger partial charge in [0.15, 0.2) is 0 Å². The normalized spacial score (nSPS) is 18.5. The molecular formula is C14H17N5O. The van der Waals surface area contributed by atoms with Gasteiger partial charge in [-0.25, -0.2) is 9.97 Å². The van der Waals surface area contributed by atoms with Gasteiger partial charge in [0.25, 0.3) is 5.91 Å². The highest BCUT2D eigenvalue weighted by Gasteiger charge is 2.30. The molecule has 2 aromatic heterocycles. The molecule has 1 atom stereocenters. The fourth-order valence-electron chi connectivity index (χ4n) is 2.51. The molecule has 0 aromatic carbocycles. The molecule has 3 rings (SSSR count). The molecule has 3 heterocycles. The van der Waals surface area contributed by atoms with Crippen LogP contribution in [-0.4, -0.2) is 43.6 Å². The molecular weight excluding hydrogens is 254 g/mol. The van der Waals surface area contributed by atoms with Crippen molar-refractivity contribution in [2.45, 2.75) is 19.3 Å². The number of carbonyl (C=O) groups is 1. The van der Waals surface area contributed by atoms with Crippen molar-refractivity contribution in [3.8, 4) is 0 Å². The first kappa shape index (κ1) is 12.8. The highest BCUT2D eigenvalue weighted by atomic mass is 16.2. The van der Waals surface area contributed by atoms with Crippen molar-refractivity contribution in [2.24, 2.45) is 7.05 Å². The van der Waals surface area contributed by atoms with E-state index >= 15 is 0 Å². The topological polar surface area (TPSA) is 63.9 Å². The predicted octanol–water partition coefficient (Wildman–Crippen LogP) is 1.15. The van der Waals surface area contributed by atoms with Crippen LogP contribution in [0.1, 0.15) is 34.3 Å². The third-order valence-corrected chi connectivity index (χ3v) is 3.59. The first-order valence-corrected chi connectivity index (χ1v) is 6.72. The van der Waals surface area contributed by atoms with Gasteiger partial charge in [0.05, 0.1) is 0 Å². The summed E-state index contributed by atoms with van der Waals surface area (Å²) in [5.41, 5.74) is 1.46. The van der Waals surface area contributed by atoms with Crippen LogP contribution in [0.25, 0.3) is 0 Å². The number of likely N-dealkylation sites (tertiary alicyclic amines) is 1. The Morgan fingerprint density at radius 2 is 2.25 bits per heavy atom. The average molecular weight is 271 g/mol. The van der Waals surface area contributed by atoms with Crippen molar-refractivity contribution >= 4 is 5.91 Å². The maximum Gasteiger partial charge on any atom is 0.274 e. The number of carbonyl (C=O) groups excluding carboxylic acids is 1. The number of amides is 1. The third kappa shape index (κ3) is 2.41. The molecule has 0 saturated carbocycles. The van der Waals surface area contributed by atoms with Gasteiger partial charge in [-0.1, -0.05) is 0 Å². The summed E-state index contributed by atoms with van der Waals surface area (Å²) in [4.78, 5) is 22.9. The zero-order chi connectivity index (χ0) is 14.1. The van der Waals surface area contributed by atoms with Crippen LogP contribution in [0, 0.1) is 6.92 Å². The molecule has 0 spiro atoms. The fraction of sp³-hybridized carbons (Fsp3) is 0.429. The van der Waals surface area contributed by atoms with Gasteiger partial charge in [0, 0.05) is 44.1 Å². The number of hydrogen-bond donors (Lipinski definition) is 0. The lowest BCUT2D eigenvalue weighted by molar-refractivity contribution is 0.0784. The smallest absolute Gasteiger partial charge is 0.274 e. The molecule has 0 N–H and O–H groups in total.